The Morgan fingerprint density at radius 3 is 2.67 bits per heavy atom. The first-order valence-corrected chi connectivity index (χ1v) is 6.89. The number of carbonyl (C=O) groups is 2. The Balaban J connectivity index is 2.34. The highest BCUT2D eigenvalue weighted by atomic mass is 35.5. The molecule has 2 amide bonds. The van der Waals surface area contributed by atoms with E-state index in [0.717, 1.165) is 0 Å². The van der Waals surface area contributed by atoms with E-state index in [-0.39, 0.29) is 17.7 Å². The van der Waals surface area contributed by atoms with Gasteiger partial charge in [-0.05, 0) is 24.3 Å². The van der Waals surface area contributed by atoms with Crippen LogP contribution in [0.3, 0.4) is 0 Å². The first-order valence-electron chi connectivity index (χ1n) is 6.36. The van der Waals surface area contributed by atoms with Gasteiger partial charge in [-0.25, -0.2) is 4.98 Å². The summed E-state index contributed by atoms with van der Waals surface area (Å²) in [6, 6.07) is 10.4. The van der Waals surface area contributed by atoms with Gasteiger partial charge >= 0.3 is 0 Å². The second kappa shape index (κ2) is 5.18. The molecule has 6 heteroatoms. The lowest BCUT2D eigenvalue weighted by Crippen LogP contribution is -2.28. The van der Waals surface area contributed by atoms with Crippen molar-refractivity contribution in [2.75, 3.05) is 22.7 Å². The molecule has 0 N–H and O–H groups in total. The summed E-state index contributed by atoms with van der Waals surface area (Å²) < 4.78 is 0. The first kappa shape index (κ1) is 13.6. The highest BCUT2D eigenvalue weighted by Crippen LogP contribution is 2.38. The Kier molecular flexibility index (Phi) is 3.35. The minimum atomic E-state index is -0.327. The number of amides is 2. The molecule has 0 spiro atoms. The van der Waals surface area contributed by atoms with Crippen LogP contribution in [0.5, 0.6) is 0 Å². The van der Waals surface area contributed by atoms with Gasteiger partial charge < -0.3 is 4.90 Å². The average Bonchev–Trinajstić information content (AvgIpc) is 2.62. The summed E-state index contributed by atoms with van der Waals surface area (Å²) in [6.07, 6.45) is 1.58. The Morgan fingerprint density at radius 1 is 1.19 bits per heavy atom. The molecule has 2 heterocycles. The number of benzene rings is 1. The Morgan fingerprint density at radius 2 is 1.90 bits per heavy atom. The number of fused-ring (bicyclic) bond motifs is 2. The van der Waals surface area contributed by atoms with Gasteiger partial charge in [0.2, 0.25) is 5.91 Å². The summed E-state index contributed by atoms with van der Waals surface area (Å²) in [5.41, 5.74) is 1.51. The summed E-state index contributed by atoms with van der Waals surface area (Å²) in [5, 5.41) is 0. The second-order valence-electron chi connectivity index (χ2n) is 4.59. The fourth-order valence-electron chi connectivity index (χ4n) is 2.39. The van der Waals surface area contributed by atoms with Gasteiger partial charge in [0.25, 0.3) is 5.91 Å². The van der Waals surface area contributed by atoms with E-state index in [2.05, 4.69) is 4.98 Å². The van der Waals surface area contributed by atoms with Crippen LogP contribution in [0, 0.1) is 0 Å². The predicted octanol–water partition coefficient (Wildman–Crippen LogP) is 2.58. The highest BCUT2D eigenvalue weighted by Gasteiger charge is 2.32. The maximum absolute atomic E-state index is 12.6. The van der Waals surface area contributed by atoms with Crippen LogP contribution in [0.25, 0.3) is 0 Å². The van der Waals surface area contributed by atoms with Crippen LogP contribution in [0.4, 0.5) is 17.2 Å². The summed E-state index contributed by atoms with van der Waals surface area (Å²) in [4.78, 5) is 32.0. The molecule has 0 fully saturated rings. The van der Waals surface area contributed by atoms with Crippen LogP contribution >= 0.6 is 11.6 Å². The molecule has 0 atom stereocenters. The first-order chi connectivity index (χ1) is 10.1. The van der Waals surface area contributed by atoms with Crippen molar-refractivity contribution in [2.45, 2.75) is 0 Å². The number of nitrogens with zero attached hydrogens (tertiary/aromatic N) is 3. The molecule has 1 aromatic carbocycles. The van der Waals surface area contributed by atoms with Crippen molar-refractivity contribution < 1.29 is 9.59 Å². The van der Waals surface area contributed by atoms with Crippen molar-refractivity contribution >= 4 is 40.6 Å². The fraction of sp³-hybridized carbons (Fsp3) is 0.133. The van der Waals surface area contributed by atoms with Crippen LogP contribution in [-0.2, 0) is 4.79 Å². The van der Waals surface area contributed by atoms with E-state index < -0.39 is 0 Å². The summed E-state index contributed by atoms with van der Waals surface area (Å²) in [6.45, 7) is 0. The van der Waals surface area contributed by atoms with Crippen LogP contribution in [-0.4, -0.2) is 29.7 Å². The van der Waals surface area contributed by atoms with Gasteiger partial charge in [0, 0.05) is 13.2 Å². The maximum Gasteiger partial charge on any atom is 0.260 e. The van der Waals surface area contributed by atoms with Crippen LogP contribution in [0.2, 0.25) is 0 Å². The van der Waals surface area contributed by atoms with Gasteiger partial charge in [0.05, 0.1) is 16.9 Å². The number of carbonyl (C=O) groups excluding carboxylic acids is 2. The number of anilines is 3. The normalized spacial score (nSPS) is 13.5. The number of hydrogen-bond donors (Lipinski definition) is 0. The van der Waals surface area contributed by atoms with Gasteiger partial charge in [-0.15, -0.1) is 11.6 Å². The molecule has 0 saturated carbocycles. The van der Waals surface area contributed by atoms with Crippen molar-refractivity contribution in [2.24, 2.45) is 0 Å². The third kappa shape index (κ3) is 2.06. The van der Waals surface area contributed by atoms with E-state index >= 15 is 0 Å². The maximum atomic E-state index is 12.6. The zero-order valence-electron chi connectivity index (χ0n) is 11.3. The molecule has 106 valence electrons. The van der Waals surface area contributed by atoms with E-state index in [1.165, 1.54) is 9.80 Å². The third-order valence-electron chi connectivity index (χ3n) is 3.38. The van der Waals surface area contributed by atoms with Crippen LogP contribution in [0.1, 0.15) is 10.4 Å². The molecule has 1 aliphatic rings. The van der Waals surface area contributed by atoms with Gasteiger partial charge in [-0.1, -0.05) is 12.1 Å². The lowest BCUT2D eigenvalue weighted by Gasteiger charge is -2.22. The van der Waals surface area contributed by atoms with Gasteiger partial charge in [0.1, 0.15) is 5.88 Å². The van der Waals surface area contributed by atoms with Gasteiger partial charge in [-0.3, -0.25) is 14.5 Å². The molecular weight excluding hydrogens is 290 g/mol. The molecule has 0 radical (unpaired) electrons. The molecule has 0 saturated heterocycles. The highest BCUT2D eigenvalue weighted by molar-refractivity contribution is 6.31. The summed E-state index contributed by atoms with van der Waals surface area (Å²) >= 11 is 5.73. The molecule has 0 unspecified atom stereocenters. The van der Waals surface area contributed by atoms with Crippen LogP contribution in [0.15, 0.2) is 42.6 Å². The standard InChI is InChI=1S/C15H12ClN3O2/c1-18-12-7-4-8-17-14(12)19(13(20)9-16)11-6-3-2-5-10(11)15(18)21/h2-8H,9H2,1H3. The van der Waals surface area contributed by atoms with Crippen molar-refractivity contribution in [3.8, 4) is 0 Å². The minimum Gasteiger partial charge on any atom is -0.308 e. The lowest BCUT2D eigenvalue weighted by atomic mass is 10.1. The quantitative estimate of drug-likeness (QED) is 0.761. The van der Waals surface area contributed by atoms with Gasteiger partial charge in [0.15, 0.2) is 5.82 Å². The van der Waals surface area contributed by atoms with E-state index in [4.69, 9.17) is 11.6 Å². The third-order valence-corrected chi connectivity index (χ3v) is 3.61. The second-order valence-corrected chi connectivity index (χ2v) is 4.86. The zero-order chi connectivity index (χ0) is 15.0. The zero-order valence-corrected chi connectivity index (χ0v) is 12.0. The number of aromatic nitrogens is 1. The minimum absolute atomic E-state index is 0.190. The average molecular weight is 302 g/mol. The SMILES string of the molecule is CN1C(=O)c2ccccc2N(C(=O)CCl)c2ncccc21. The smallest absolute Gasteiger partial charge is 0.260 e. The van der Waals surface area contributed by atoms with E-state index in [1.54, 1.807) is 49.6 Å². The molecule has 0 bridgehead atoms. The molecule has 0 aliphatic carbocycles. The summed E-state index contributed by atoms with van der Waals surface area (Å²) in [5.74, 6) is -0.303. The van der Waals surface area contributed by atoms with Gasteiger partial charge in [-0.2, -0.15) is 0 Å². The number of halogens is 1. The fourth-order valence-corrected chi connectivity index (χ4v) is 2.51. The lowest BCUT2D eigenvalue weighted by molar-refractivity contribution is -0.115. The molecule has 1 aliphatic heterocycles. The molecule has 1 aromatic heterocycles. The monoisotopic (exact) mass is 301 g/mol. The number of rotatable bonds is 1. The number of hydrogen-bond acceptors (Lipinski definition) is 3. The Hall–Kier alpha value is -2.40. The largest absolute Gasteiger partial charge is 0.308 e. The topological polar surface area (TPSA) is 53.5 Å². The molecule has 5 nitrogen and oxygen atoms in total. The molecule has 2 aromatic rings. The predicted molar refractivity (Wildman–Crippen MR) is 81.3 cm³/mol. The van der Waals surface area contributed by atoms with E-state index in [1.807, 2.05) is 0 Å². The van der Waals surface area contributed by atoms with Crippen molar-refractivity contribution in [1.29, 1.82) is 0 Å². The van der Waals surface area contributed by atoms with E-state index in [0.29, 0.717) is 22.8 Å². The van der Waals surface area contributed by atoms with Crippen LogP contribution < -0.4 is 9.80 Å². The number of alkyl halides is 1. The Labute approximate surface area is 126 Å². The molecule has 3 rings (SSSR count). The van der Waals surface area contributed by atoms with Crippen molar-refractivity contribution in [3.05, 3.63) is 48.2 Å². The van der Waals surface area contributed by atoms with Crippen molar-refractivity contribution in [1.82, 2.24) is 4.98 Å². The Bertz CT molecular complexity index is 732. The molecule has 21 heavy (non-hydrogen) atoms. The number of pyridine rings is 1. The summed E-state index contributed by atoms with van der Waals surface area (Å²) in [7, 11) is 1.66. The number of para-hydroxylation sites is 1. The van der Waals surface area contributed by atoms with Crippen molar-refractivity contribution in [3.63, 3.8) is 0 Å². The van der Waals surface area contributed by atoms with E-state index in [9.17, 15) is 9.59 Å². The molecular formula is C15H12ClN3O2.